The van der Waals surface area contributed by atoms with Gasteiger partial charge >= 0.3 is 41.9 Å². The maximum absolute atomic E-state index is 3.16. The molecule has 0 aliphatic heterocycles. The van der Waals surface area contributed by atoms with Crippen LogP contribution in [0.15, 0.2) is 48.6 Å². The van der Waals surface area contributed by atoms with Gasteiger partial charge in [-0.15, -0.1) is 95.1 Å². The van der Waals surface area contributed by atoms with Crippen LogP contribution in [0, 0.1) is 12.1 Å². The second kappa shape index (κ2) is 12.9. The molecular weight excluding hydrogens is 430 g/mol. The van der Waals surface area contributed by atoms with Gasteiger partial charge in [0.25, 0.3) is 0 Å². The fourth-order valence-electron chi connectivity index (χ4n) is 2.24. The second-order valence-electron chi connectivity index (χ2n) is 5.43. The minimum Gasteiger partial charge on any atom is -1.00 e. The fourth-order valence-corrected chi connectivity index (χ4v) is 2.24. The van der Waals surface area contributed by atoms with Crippen molar-refractivity contribution < 1.29 is 48.1 Å². The van der Waals surface area contributed by atoms with Crippen LogP contribution in [-0.4, -0.2) is 5.43 Å². The SMILES string of the molecule is C[Si](C)=[Zr+2].[Cl-].[Cl-].[c-]1cccc2c1C=CC2.[c-]1cccc2c1C=CC2. The van der Waals surface area contributed by atoms with Crippen LogP contribution >= 0.6 is 0 Å². The molecule has 0 bridgehead atoms. The van der Waals surface area contributed by atoms with Crippen molar-refractivity contribution in [2.24, 2.45) is 0 Å². The van der Waals surface area contributed by atoms with E-state index in [4.69, 9.17) is 0 Å². The van der Waals surface area contributed by atoms with Crippen molar-refractivity contribution >= 4 is 17.6 Å². The van der Waals surface area contributed by atoms with E-state index in [0.717, 1.165) is 12.8 Å². The summed E-state index contributed by atoms with van der Waals surface area (Å²) in [5, 5.41) is 0. The molecule has 0 saturated heterocycles. The summed E-state index contributed by atoms with van der Waals surface area (Å²) in [6, 6.07) is 18.6. The molecule has 0 nitrogen and oxygen atoms in total. The molecule has 2 aliphatic carbocycles. The number of allylic oxidation sites excluding steroid dienone is 2. The molecule has 0 unspecified atom stereocenters. The second-order valence-corrected chi connectivity index (χ2v) is 14.8. The molecule has 0 amide bonds. The van der Waals surface area contributed by atoms with Gasteiger partial charge in [-0.2, -0.15) is 0 Å². The maximum Gasteiger partial charge on any atom is -0.0528 e. The summed E-state index contributed by atoms with van der Waals surface area (Å²) in [4.78, 5) is 0. The van der Waals surface area contributed by atoms with Crippen LogP contribution in [0.4, 0.5) is 0 Å². The van der Waals surface area contributed by atoms with Gasteiger partial charge in [0.05, 0.1) is 0 Å². The van der Waals surface area contributed by atoms with Crippen LogP contribution in [0.5, 0.6) is 0 Å². The number of hydrogen-bond acceptors (Lipinski definition) is 0. The Bertz CT molecular complexity index is 649. The fraction of sp³-hybridized carbons (Fsp3) is 0.200. The first-order valence-electron chi connectivity index (χ1n) is 7.51. The van der Waals surface area contributed by atoms with Crippen LogP contribution in [0.2, 0.25) is 13.1 Å². The third kappa shape index (κ3) is 8.12. The first kappa shape index (κ1) is 23.6. The summed E-state index contributed by atoms with van der Waals surface area (Å²) in [5.41, 5.74) is 5.53. The van der Waals surface area contributed by atoms with E-state index in [2.05, 4.69) is 61.7 Å². The molecule has 4 rings (SSSR count). The Labute approximate surface area is 173 Å². The van der Waals surface area contributed by atoms with Crippen molar-refractivity contribution in [2.45, 2.75) is 25.9 Å². The molecule has 2 aromatic rings. The monoisotopic (exact) mass is 448 g/mol. The van der Waals surface area contributed by atoms with Gasteiger partial charge in [-0.05, 0) is 0 Å². The van der Waals surface area contributed by atoms with E-state index in [1.54, 1.807) is 23.3 Å². The molecule has 0 saturated carbocycles. The molecule has 24 heavy (non-hydrogen) atoms. The van der Waals surface area contributed by atoms with Crippen molar-refractivity contribution in [1.82, 2.24) is 0 Å². The summed E-state index contributed by atoms with van der Waals surface area (Å²) < 4.78 is 0. The zero-order valence-corrected chi connectivity index (χ0v) is 18.9. The average molecular weight is 451 g/mol. The smallest absolute Gasteiger partial charge is 0.0528 e. The third-order valence-corrected chi connectivity index (χ3v) is 3.20. The van der Waals surface area contributed by atoms with Crippen LogP contribution in [0.25, 0.3) is 12.2 Å². The van der Waals surface area contributed by atoms with E-state index >= 15 is 0 Å². The maximum atomic E-state index is 3.16. The molecule has 2 aromatic carbocycles. The first-order valence-corrected chi connectivity index (χ1v) is 13.7. The number of hydrogen-bond donors (Lipinski definition) is 0. The average Bonchev–Trinajstić information content (AvgIpc) is 3.16. The van der Waals surface area contributed by atoms with Gasteiger partial charge in [-0.25, -0.2) is 0 Å². The quantitative estimate of drug-likeness (QED) is 0.353. The summed E-state index contributed by atoms with van der Waals surface area (Å²) >= 11 is 1.74. The van der Waals surface area contributed by atoms with Gasteiger partial charge in [0.15, 0.2) is 0 Å². The Morgan fingerprint density at radius 1 is 0.833 bits per heavy atom. The molecule has 0 atom stereocenters. The third-order valence-electron chi connectivity index (χ3n) is 3.20. The predicted octanol–water partition coefficient (Wildman–Crippen LogP) is -1.10. The Morgan fingerprint density at radius 2 is 1.21 bits per heavy atom. The van der Waals surface area contributed by atoms with Gasteiger partial charge < -0.3 is 24.8 Å². The van der Waals surface area contributed by atoms with Crippen molar-refractivity contribution in [3.63, 3.8) is 0 Å². The minimum atomic E-state index is 0. The summed E-state index contributed by atoms with van der Waals surface area (Å²) in [5.74, 6) is 0. The molecule has 0 heterocycles. The molecule has 2 aliphatic rings. The van der Waals surface area contributed by atoms with Gasteiger partial charge in [-0.3, -0.25) is 0 Å². The van der Waals surface area contributed by atoms with Crippen molar-refractivity contribution in [3.8, 4) is 0 Å². The van der Waals surface area contributed by atoms with E-state index in [9.17, 15) is 0 Å². The van der Waals surface area contributed by atoms with Crippen LogP contribution in [0.3, 0.4) is 0 Å². The predicted molar refractivity (Wildman–Crippen MR) is 93.5 cm³/mol. The van der Waals surface area contributed by atoms with E-state index in [-0.39, 0.29) is 30.2 Å². The first-order chi connectivity index (χ1) is 10.7. The molecular formula is C20H20Cl2SiZr-2. The van der Waals surface area contributed by atoms with E-state index < -0.39 is 0 Å². The summed E-state index contributed by atoms with van der Waals surface area (Å²) in [6.45, 7) is 4.62. The normalized spacial score (nSPS) is 11.5. The van der Waals surface area contributed by atoms with Gasteiger partial charge in [0, 0.05) is 0 Å². The number of halogens is 2. The summed E-state index contributed by atoms with van der Waals surface area (Å²) in [7, 11) is 0. The van der Waals surface area contributed by atoms with Crippen LogP contribution in [-0.2, 0) is 36.2 Å². The molecule has 0 radical (unpaired) electrons. The van der Waals surface area contributed by atoms with E-state index in [1.807, 2.05) is 24.3 Å². The minimum absolute atomic E-state index is 0. The molecule has 0 spiro atoms. The molecule has 0 N–H and O–H groups in total. The molecule has 0 fully saturated rings. The Morgan fingerprint density at radius 3 is 1.54 bits per heavy atom. The van der Waals surface area contributed by atoms with Crippen LogP contribution in [0.1, 0.15) is 22.3 Å². The van der Waals surface area contributed by atoms with Gasteiger partial charge in [-0.1, -0.05) is 12.8 Å². The van der Waals surface area contributed by atoms with Crippen molar-refractivity contribution in [1.29, 1.82) is 0 Å². The Balaban J connectivity index is 0.000000341. The molecule has 124 valence electrons. The number of fused-ring (bicyclic) bond motifs is 2. The van der Waals surface area contributed by atoms with E-state index in [0.29, 0.717) is 0 Å². The summed E-state index contributed by atoms with van der Waals surface area (Å²) in [6.07, 6.45) is 10.8. The number of benzene rings is 2. The topological polar surface area (TPSA) is 0 Å². The largest absolute Gasteiger partial charge is 1.00 e. The van der Waals surface area contributed by atoms with Crippen molar-refractivity contribution in [3.05, 3.63) is 82.9 Å². The number of rotatable bonds is 0. The zero-order chi connectivity index (χ0) is 15.8. The Kier molecular flexibility index (Phi) is 12.7. The van der Waals surface area contributed by atoms with E-state index in [1.165, 1.54) is 22.3 Å². The van der Waals surface area contributed by atoms with Gasteiger partial charge in [0.2, 0.25) is 0 Å². The molecule has 4 heteroatoms. The Hall–Kier alpha value is -0.400. The van der Waals surface area contributed by atoms with Crippen LogP contribution < -0.4 is 24.8 Å². The zero-order valence-electron chi connectivity index (χ0n) is 13.9. The van der Waals surface area contributed by atoms with Gasteiger partial charge in [0.1, 0.15) is 0 Å². The standard InChI is InChI=1S/2C9H7.C2H6Si.2ClH.Zr/c2*1-2-5-9-7-3-6-8(9)4-1;1-3-2;;;/h2*1-4,7H,6H2;1-2H3;2*1H;/q2*-1;;;;+2/p-2. The van der Waals surface area contributed by atoms with Crippen molar-refractivity contribution in [2.75, 3.05) is 0 Å². The molecule has 0 aromatic heterocycles.